The number of aromatic nitrogens is 5. The highest BCUT2D eigenvalue weighted by Gasteiger charge is 2.15. The molecular formula is C20H21N7O2. The second kappa shape index (κ2) is 7.70. The molecule has 0 aliphatic carbocycles. The Morgan fingerprint density at radius 3 is 2.76 bits per heavy atom. The molecule has 0 unspecified atom stereocenters. The molecule has 0 spiro atoms. The molecule has 0 bridgehead atoms. The van der Waals surface area contributed by atoms with E-state index >= 15 is 0 Å². The number of nitrogens with zero attached hydrogens (tertiary/aromatic N) is 4. The van der Waals surface area contributed by atoms with Crippen molar-refractivity contribution in [2.45, 2.75) is 13.8 Å². The summed E-state index contributed by atoms with van der Waals surface area (Å²) in [6.45, 7) is 4.78. The summed E-state index contributed by atoms with van der Waals surface area (Å²) < 4.78 is 1.69. The van der Waals surface area contributed by atoms with Gasteiger partial charge in [-0.05, 0) is 37.1 Å². The van der Waals surface area contributed by atoms with E-state index in [9.17, 15) is 9.59 Å². The van der Waals surface area contributed by atoms with Gasteiger partial charge in [-0.25, -0.2) is 0 Å². The van der Waals surface area contributed by atoms with E-state index in [1.54, 1.807) is 29.1 Å². The number of pyridine rings is 1. The van der Waals surface area contributed by atoms with E-state index in [1.165, 1.54) is 0 Å². The van der Waals surface area contributed by atoms with Crippen LogP contribution in [0, 0.1) is 12.8 Å². The Balaban J connectivity index is 1.31. The van der Waals surface area contributed by atoms with Crippen LogP contribution in [0.3, 0.4) is 0 Å². The Morgan fingerprint density at radius 2 is 1.93 bits per heavy atom. The third-order valence-corrected chi connectivity index (χ3v) is 4.71. The highest BCUT2D eigenvalue weighted by atomic mass is 16.2. The number of carbonyl (C=O) groups is 2. The van der Waals surface area contributed by atoms with Gasteiger partial charge in [-0.15, -0.1) is 10.2 Å². The molecule has 148 valence electrons. The maximum atomic E-state index is 12.5. The molecule has 0 saturated carbocycles. The van der Waals surface area contributed by atoms with Crippen LogP contribution in [0.2, 0.25) is 0 Å². The van der Waals surface area contributed by atoms with E-state index in [2.05, 4.69) is 31.0 Å². The van der Waals surface area contributed by atoms with E-state index in [1.807, 2.05) is 32.0 Å². The first-order valence-electron chi connectivity index (χ1n) is 9.32. The van der Waals surface area contributed by atoms with Gasteiger partial charge in [0.05, 0.1) is 11.1 Å². The number of hydrogen-bond donors (Lipinski definition) is 3. The molecule has 3 heterocycles. The zero-order chi connectivity index (χ0) is 20.4. The number of aromatic amines is 1. The number of H-pyrrole nitrogens is 1. The van der Waals surface area contributed by atoms with Crippen molar-refractivity contribution in [1.82, 2.24) is 35.4 Å². The van der Waals surface area contributed by atoms with E-state index in [0.717, 1.165) is 16.5 Å². The number of nitrogens with one attached hydrogen (secondary N) is 3. The number of aryl methyl sites for hydroxylation is 1. The van der Waals surface area contributed by atoms with Crippen molar-refractivity contribution in [3.8, 4) is 0 Å². The van der Waals surface area contributed by atoms with Gasteiger partial charge in [-0.1, -0.05) is 18.6 Å². The van der Waals surface area contributed by atoms with Crippen molar-refractivity contribution in [3.05, 3.63) is 59.7 Å². The minimum absolute atomic E-state index is 0.0495. The predicted octanol–water partition coefficient (Wildman–Crippen LogP) is 1.71. The zero-order valence-electron chi connectivity index (χ0n) is 16.1. The Morgan fingerprint density at radius 1 is 1.14 bits per heavy atom. The highest BCUT2D eigenvalue weighted by molar-refractivity contribution is 6.04. The summed E-state index contributed by atoms with van der Waals surface area (Å²) in [5.74, 6) is -0.376. The van der Waals surface area contributed by atoms with E-state index < -0.39 is 0 Å². The Hall–Kier alpha value is -3.75. The molecule has 3 aromatic heterocycles. The summed E-state index contributed by atoms with van der Waals surface area (Å²) in [7, 11) is 0. The zero-order valence-corrected chi connectivity index (χ0v) is 16.1. The van der Waals surface area contributed by atoms with Crippen LogP contribution in [0.4, 0.5) is 0 Å². The summed E-state index contributed by atoms with van der Waals surface area (Å²) in [5, 5.41) is 21.3. The van der Waals surface area contributed by atoms with Gasteiger partial charge in [-0.2, -0.15) is 5.10 Å². The minimum Gasteiger partial charge on any atom is -0.352 e. The fourth-order valence-corrected chi connectivity index (χ4v) is 3.05. The normalized spacial score (nSPS) is 12.2. The van der Waals surface area contributed by atoms with E-state index in [4.69, 9.17) is 0 Å². The molecule has 0 saturated heterocycles. The standard InChI is InChI=1S/C20H21N7O2/c1-12-3-5-16-15(7-12)18(26-24-16)20(29)22-9-13(2)8-21-19(28)14-4-6-17-25-23-11-27(17)10-14/h3-7,10-11,13H,8-9H2,1-2H3,(H,21,28)(H,22,29)(H,24,26)/t13-/m1/s1. The largest absolute Gasteiger partial charge is 0.352 e. The number of rotatable bonds is 6. The Bertz CT molecular complexity index is 1190. The van der Waals surface area contributed by atoms with Gasteiger partial charge < -0.3 is 10.6 Å². The van der Waals surface area contributed by atoms with Crippen molar-refractivity contribution < 1.29 is 9.59 Å². The molecule has 4 aromatic rings. The average molecular weight is 391 g/mol. The lowest BCUT2D eigenvalue weighted by Gasteiger charge is -2.13. The average Bonchev–Trinajstić information content (AvgIpc) is 3.36. The lowest BCUT2D eigenvalue weighted by molar-refractivity contribution is 0.0939. The summed E-state index contributed by atoms with van der Waals surface area (Å²) >= 11 is 0. The number of benzene rings is 1. The van der Waals surface area contributed by atoms with Crippen LogP contribution in [0.15, 0.2) is 42.9 Å². The molecule has 29 heavy (non-hydrogen) atoms. The van der Waals surface area contributed by atoms with Crippen molar-refractivity contribution >= 4 is 28.4 Å². The highest BCUT2D eigenvalue weighted by Crippen LogP contribution is 2.17. The number of hydrogen-bond acceptors (Lipinski definition) is 5. The Kier molecular flexibility index (Phi) is 4.94. The number of amides is 2. The molecule has 2 amide bonds. The molecule has 1 aromatic carbocycles. The topological polar surface area (TPSA) is 117 Å². The van der Waals surface area contributed by atoms with Crippen LogP contribution in [0.5, 0.6) is 0 Å². The third kappa shape index (κ3) is 3.93. The van der Waals surface area contributed by atoms with Crippen LogP contribution in [0.1, 0.15) is 33.3 Å². The minimum atomic E-state index is -0.238. The maximum absolute atomic E-state index is 12.5. The smallest absolute Gasteiger partial charge is 0.272 e. The van der Waals surface area contributed by atoms with Gasteiger partial charge in [0.1, 0.15) is 6.33 Å². The van der Waals surface area contributed by atoms with Gasteiger partial charge >= 0.3 is 0 Å². The molecule has 0 aliphatic heterocycles. The number of fused-ring (bicyclic) bond motifs is 2. The van der Waals surface area contributed by atoms with Gasteiger partial charge in [-0.3, -0.25) is 19.1 Å². The number of carbonyl (C=O) groups excluding carboxylic acids is 2. The molecule has 0 radical (unpaired) electrons. The molecular weight excluding hydrogens is 370 g/mol. The quantitative estimate of drug-likeness (QED) is 0.463. The van der Waals surface area contributed by atoms with Crippen molar-refractivity contribution in [1.29, 1.82) is 0 Å². The summed E-state index contributed by atoms with van der Waals surface area (Å²) in [4.78, 5) is 24.8. The molecule has 9 nitrogen and oxygen atoms in total. The summed E-state index contributed by atoms with van der Waals surface area (Å²) in [5.41, 5.74) is 3.47. The van der Waals surface area contributed by atoms with E-state index in [-0.39, 0.29) is 17.7 Å². The van der Waals surface area contributed by atoms with Gasteiger partial charge in [0.15, 0.2) is 11.3 Å². The van der Waals surface area contributed by atoms with Crippen LogP contribution in [-0.2, 0) is 0 Å². The predicted molar refractivity (Wildman–Crippen MR) is 108 cm³/mol. The van der Waals surface area contributed by atoms with Gasteiger partial charge in [0.2, 0.25) is 0 Å². The first kappa shape index (κ1) is 18.6. The van der Waals surface area contributed by atoms with Crippen molar-refractivity contribution in [3.63, 3.8) is 0 Å². The molecule has 1 atom stereocenters. The first-order chi connectivity index (χ1) is 14.0. The third-order valence-electron chi connectivity index (χ3n) is 4.71. The molecule has 9 heteroatoms. The molecule has 0 aliphatic rings. The maximum Gasteiger partial charge on any atom is 0.272 e. The van der Waals surface area contributed by atoms with Crippen LogP contribution >= 0.6 is 0 Å². The van der Waals surface area contributed by atoms with Crippen LogP contribution in [0.25, 0.3) is 16.6 Å². The molecule has 3 N–H and O–H groups in total. The Labute approximate surface area is 166 Å². The molecule has 4 rings (SSSR count). The van der Waals surface area contributed by atoms with E-state index in [0.29, 0.717) is 30.0 Å². The first-order valence-corrected chi connectivity index (χ1v) is 9.32. The van der Waals surface area contributed by atoms with Crippen LogP contribution in [-0.4, -0.2) is 49.7 Å². The second-order valence-corrected chi connectivity index (χ2v) is 7.16. The van der Waals surface area contributed by atoms with Crippen LogP contribution < -0.4 is 10.6 Å². The fourth-order valence-electron chi connectivity index (χ4n) is 3.05. The second-order valence-electron chi connectivity index (χ2n) is 7.16. The van der Waals surface area contributed by atoms with Crippen molar-refractivity contribution in [2.24, 2.45) is 5.92 Å². The fraction of sp³-hybridized carbons (Fsp3) is 0.250. The molecule has 0 fully saturated rings. The van der Waals surface area contributed by atoms with Gasteiger partial charge in [0.25, 0.3) is 11.8 Å². The lowest BCUT2D eigenvalue weighted by atomic mass is 10.1. The lowest BCUT2D eigenvalue weighted by Crippen LogP contribution is -2.35. The summed E-state index contributed by atoms with van der Waals surface area (Å²) in [6.07, 6.45) is 3.23. The van der Waals surface area contributed by atoms with Crippen molar-refractivity contribution in [2.75, 3.05) is 13.1 Å². The summed E-state index contributed by atoms with van der Waals surface area (Å²) in [6, 6.07) is 9.25. The van der Waals surface area contributed by atoms with Gasteiger partial charge in [0, 0.05) is 24.7 Å². The SMILES string of the molecule is Cc1ccc2[nH]nc(C(=O)NC[C@H](C)CNC(=O)c3ccc4nncn4c3)c2c1. The monoisotopic (exact) mass is 391 g/mol.